The molecule has 0 amide bonds. The van der Waals surface area contributed by atoms with Crippen LogP contribution < -0.4 is 4.43 Å². The second kappa shape index (κ2) is 15.2. The maximum atomic E-state index is 6.34. The van der Waals surface area contributed by atoms with Gasteiger partial charge < -0.3 is 8.85 Å². The van der Waals surface area contributed by atoms with E-state index < -0.39 is 8.56 Å². The van der Waals surface area contributed by atoms with Gasteiger partial charge in [0.05, 0.1) is 15.1 Å². The molecule has 0 spiro atoms. The van der Waals surface area contributed by atoms with E-state index in [4.69, 9.17) is 55.3 Å². The zero-order valence-electron chi connectivity index (χ0n) is 18.1. The summed E-state index contributed by atoms with van der Waals surface area (Å²) in [6, 6.07) is 3.20. The van der Waals surface area contributed by atoms with E-state index in [0.717, 1.165) is 18.5 Å². The van der Waals surface area contributed by atoms with Gasteiger partial charge in [-0.2, -0.15) is 0 Å². The first-order valence-electron chi connectivity index (χ1n) is 11.1. The lowest BCUT2D eigenvalue weighted by molar-refractivity contribution is 0.230. The van der Waals surface area contributed by atoms with Crippen LogP contribution in [0.4, 0.5) is 0 Å². The Kier molecular flexibility index (Phi) is 14.4. The summed E-state index contributed by atoms with van der Waals surface area (Å²) >= 11 is 24.9. The summed E-state index contributed by atoms with van der Waals surface area (Å²) in [5.74, 6) is 0.390. The molecule has 0 saturated heterocycles. The summed E-state index contributed by atoms with van der Waals surface area (Å²) in [7, 11) is -2.45. The maximum absolute atomic E-state index is 6.34. The average molecular weight is 502 g/mol. The van der Waals surface area contributed by atoms with Crippen LogP contribution in [-0.4, -0.2) is 15.2 Å². The minimum absolute atomic E-state index is 0.255. The minimum Gasteiger partial charge on any atom is -0.518 e. The van der Waals surface area contributed by atoms with E-state index in [9.17, 15) is 0 Å². The highest BCUT2D eigenvalue weighted by Crippen LogP contribution is 2.44. The lowest BCUT2D eigenvalue weighted by atomic mass is 10.1. The number of hydrogen-bond acceptors (Lipinski definition) is 2. The molecule has 1 rings (SSSR count). The molecule has 0 radical (unpaired) electrons. The van der Waals surface area contributed by atoms with Crippen molar-refractivity contribution >= 4 is 55.0 Å². The molecule has 0 saturated carbocycles. The van der Waals surface area contributed by atoms with Crippen molar-refractivity contribution < 1.29 is 8.85 Å². The van der Waals surface area contributed by atoms with Gasteiger partial charge in [0.25, 0.3) is 0 Å². The molecule has 0 unspecified atom stereocenters. The highest BCUT2D eigenvalue weighted by atomic mass is 35.5. The third-order valence-corrected chi connectivity index (χ3v) is 10.3. The van der Waals surface area contributed by atoms with Crippen molar-refractivity contribution in [2.75, 3.05) is 6.61 Å². The van der Waals surface area contributed by atoms with Crippen LogP contribution in [0.5, 0.6) is 5.75 Å². The van der Waals surface area contributed by atoms with E-state index in [1.807, 2.05) is 0 Å². The molecular formula is C22H36Cl4O2Si. The van der Waals surface area contributed by atoms with Gasteiger partial charge in [-0.15, -0.1) is 0 Å². The second-order valence-corrected chi connectivity index (χ2v) is 12.8. The van der Waals surface area contributed by atoms with E-state index in [0.29, 0.717) is 22.4 Å². The highest BCUT2D eigenvalue weighted by Gasteiger charge is 2.37. The number of halogens is 4. The van der Waals surface area contributed by atoms with Crippen LogP contribution in [0.3, 0.4) is 0 Å². The van der Waals surface area contributed by atoms with Crippen LogP contribution >= 0.6 is 46.4 Å². The molecule has 0 aliphatic carbocycles. The number of rotatable bonds is 16. The van der Waals surface area contributed by atoms with Gasteiger partial charge >= 0.3 is 8.56 Å². The average Bonchev–Trinajstić information content (AvgIpc) is 2.72. The quantitative estimate of drug-likeness (QED) is 0.0969. The Morgan fingerprint density at radius 2 is 1.21 bits per heavy atom. The minimum atomic E-state index is -2.45. The topological polar surface area (TPSA) is 18.5 Å². The zero-order valence-corrected chi connectivity index (χ0v) is 22.1. The summed E-state index contributed by atoms with van der Waals surface area (Å²) in [5.41, 5.74) is 0. The smallest absolute Gasteiger partial charge is 0.398 e. The van der Waals surface area contributed by atoms with Gasteiger partial charge in [-0.05, 0) is 24.6 Å². The molecule has 0 heterocycles. The SMILES string of the molecule is CCCCCCCCCCCCO[Si](CC)(CC)Oc1c(Cl)cc(Cl)c(Cl)c1Cl. The van der Waals surface area contributed by atoms with Gasteiger partial charge in [-0.1, -0.05) is 125 Å². The first kappa shape index (κ1) is 27.4. The number of hydrogen-bond donors (Lipinski definition) is 0. The fourth-order valence-electron chi connectivity index (χ4n) is 3.30. The Hall–Kier alpha value is 0.357. The van der Waals surface area contributed by atoms with Crippen molar-refractivity contribution in [1.29, 1.82) is 0 Å². The van der Waals surface area contributed by atoms with Crippen molar-refractivity contribution in [3.05, 3.63) is 26.2 Å². The van der Waals surface area contributed by atoms with Crippen LogP contribution in [0.2, 0.25) is 32.2 Å². The van der Waals surface area contributed by atoms with Crippen LogP contribution in [0.1, 0.15) is 85.0 Å². The molecule has 0 N–H and O–H groups in total. The van der Waals surface area contributed by atoms with Crippen molar-refractivity contribution in [3.8, 4) is 5.75 Å². The van der Waals surface area contributed by atoms with Gasteiger partial charge in [0.15, 0.2) is 0 Å². The standard InChI is InChI=1S/C22H36Cl4O2Si/c1-4-7-8-9-10-11-12-13-14-15-16-27-29(5-2,6-3)28-22-19(24)17-18(23)20(25)21(22)26/h17H,4-16H2,1-3H3. The van der Waals surface area contributed by atoms with Gasteiger partial charge in [0, 0.05) is 6.61 Å². The lowest BCUT2D eigenvalue weighted by Crippen LogP contribution is -2.44. The van der Waals surface area contributed by atoms with Gasteiger partial charge in [-0.25, -0.2) is 0 Å². The predicted octanol–water partition coefficient (Wildman–Crippen LogP) is 10.1. The largest absolute Gasteiger partial charge is 0.518 e. The fraction of sp³-hybridized carbons (Fsp3) is 0.727. The third kappa shape index (κ3) is 9.58. The molecule has 0 atom stereocenters. The van der Waals surface area contributed by atoms with Crippen LogP contribution in [0.15, 0.2) is 6.07 Å². The molecule has 1 aromatic rings. The van der Waals surface area contributed by atoms with Crippen LogP contribution in [0, 0.1) is 0 Å². The summed E-state index contributed by atoms with van der Waals surface area (Å²) in [4.78, 5) is 0. The monoisotopic (exact) mass is 500 g/mol. The Morgan fingerprint density at radius 3 is 1.72 bits per heavy atom. The number of unbranched alkanes of at least 4 members (excludes halogenated alkanes) is 9. The molecule has 1 aromatic carbocycles. The van der Waals surface area contributed by atoms with Crippen molar-refractivity contribution in [3.63, 3.8) is 0 Å². The highest BCUT2D eigenvalue weighted by molar-refractivity contribution is 6.68. The Bertz CT molecular complexity index is 595. The van der Waals surface area contributed by atoms with E-state index in [-0.39, 0.29) is 10.0 Å². The summed E-state index contributed by atoms with van der Waals surface area (Å²) < 4.78 is 12.6. The molecule has 0 aliphatic rings. The molecule has 0 aromatic heterocycles. The van der Waals surface area contributed by atoms with Crippen molar-refractivity contribution in [1.82, 2.24) is 0 Å². The Morgan fingerprint density at radius 1 is 0.690 bits per heavy atom. The third-order valence-electron chi connectivity index (χ3n) is 5.30. The van der Waals surface area contributed by atoms with E-state index in [2.05, 4.69) is 20.8 Å². The first-order chi connectivity index (χ1) is 13.9. The summed E-state index contributed by atoms with van der Waals surface area (Å²) in [6.45, 7) is 7.15. The molecule has 0 fully saturated rings. The van der Waals surface area contributed by atoms with E-state index in [1.54, 1.807) is 6.07 Å². The first-order valence-corrected chi connectivity index (χ1v) is 14.8. The van der Waals surface area contributed by atoms with E-state index in [1.165, 1.54) is 57.8 Å². The zero-order chi connectivity index (χ0) is 21.7. The van der Waals surface area contributed by atoms with Crippen LogP contribution in [0.25, 0.3) is 0 Å². The van der Waals surface area contributed by atoms with Gasteiger partial charge in [-0.3, -0.25) is 0 Å². The molecule has 29 heavy (non-hydrogen) atoms. The van der Waals surface area contributed by atoms with Crippen molar-refractivity contribution in [2.45, 2.75) is 97.1 Å². The summed E-state index contributed by atoms with van der Waals surface area (Å²) in [5, 5.41) is 1.20. The van der Waals surface area contributed by atoms with Crippen molar-refractivity contribution in [2.24, 2.45) is 0 Å². The van der Waals surface area contributed by atoms with Gasteiger partial charge in [0.1, 0.15) is 10.8 Å². The predicted molar refractivity (Wildman–Crippen MR) is 132 cm³/mol. The number of benzene rings is 1. The second-order valence-electron chi connectivity index (χ2n) is 7.55. The Balaban J connectivity index is 2.43. The lowest BCUT2D eigenvalue weighted by Gasteiger charge is -2.30. The molecule has 7 heteroatoms. The van der Waals surface area contributed by atoms with Crippen LogP contribution in [-0.2, 0) is 4.43 Å². The Labute approximate surface area is 198 Å². The summed E-state index contributed by atoms with van der Waals surface area (Å²) in [6.07, 6.45) is 13.0. The maximum Gasteiger partial charge on any atom is 0.398 e. The molecule has 168 valence electrons. The molecular weight excluding hydrogens is 466 g/mol. The molecule has 2 nitrogen and oxygen atoms in total. The fourth-order valence-corrected chi connectivity index (χ4v) is 6.77. The van der Waals surface area contributed by atoms with E-state index >= 15 is 0 Å². The van der Waals surface area contributed by atoms with Gasteiger partial charge in [0.2, 0.25) is 0 Å². The molecule has 0 aliphatic heterocycles. The molecule has 0 bridgehead atoms. The normalized spacial score (nSPS) is 11.8.